The molecule has 0 radical (unpaired) electrons. The molecule has 0 amide bonds. The second kappa shape index (κ2) is 4.33. The third-order valence-corrected chi connectivity index (χ3v) is 3.08. The minimum atomic E-state index is 0.148. The van der Waals surface area contributed by atoms with Crippen LogP contribution in [-0.4, -0.2) is 18.8 Å². The standard InChI is InChI=1S/C13H19NO/c1-11(12-6-4-3-5-7-12)14-13(2)8-9-15-10-13/h3-7,11,14H,8-10H2,1-2H3/t11-,13+/m0/s1. The highest BCUT2D eigenvalue weighted by molar-refractivity contribution is 5.18. The molecule has 0 saturated carbocycles. The highest BCUT2D eigenvalue weighted by Gasteiger charge is 2.30. The summed E-state index contributed by atoms with van der Waals surface area (Å²) in [6.45, 7) is 6.15. The average molecular weight is 205 g/mol. The van der Waals surface area contributed by atoms with Gasteiger partial charge in [-0.1, -0.05) is 30.3 Å². The predicted molar refractivity (Wildman–Crippen MR) is 61.8 cm³/mol. The van der Waals surface area contributed by atoms with Crippen LogP contribution in [-0.2, 0) is 4.74 Å². The Balaban J connectivity index is 2.00. The summed E-state index contributed by atoms with van der Waals surface area (Å²) in [4.78, 5) is 0. The van der Waals surface area contributed by atoms with E-state index in [4.69, 9.17) is 4.74 Å². The molecular formula is C13H19NO. The average Bonchev–Trinajstić information content (AvgIpc) is 2.66. The van der Waals surface area contributed by atoms with Crippen LogP contribution >= 0.6 is 0 Å². The van der Waals surface area contributed by atoms with E-state index >= 15 is 0 Å². The normalized spacial score (nSPS) is 27.9. The van der Waals surface area contributed by atoms with Crippen molar-refractivity contribution in [1.29, 1.82) is 0 Å². The van der Waals surface area contributed by atoms with Gasteiger partial charge in [-0.15, -0.1) is 0 Å². The van der Waals surface area contributed by atoms with E-state index in [0.717, 1.165) is 19.6 Å². The Morgan fingerprint density at radius 1 is 1.33 bits per heavy atom. The first-order chi connectivity index (χ1) is 7.20. The van der Waals surface area contributed by atoms with E-state index in [-0.39, 0.29) is 5.54 Å². The monoisotopic (exact) mass is 205 g/mol. The Morgan fingerprint density at radius 3 is 2.67 bits per heavy atom. The zero-order valence-corrected chi connectivity index (χ0v) is 9.49. The summed E-state index contributed by atoms with van der Waals surface area (Å²) in [6, 6.07) is 10.9. The second-order valence-corrected chi connectivity index (χ2v) is 4.64. The van der Waals surface area contributed by atoms with Crippen LogP contribution in [0.5, 0.6) is 0 Å². The molecule has 2 nitrogen and oxygen atoms in total. The largest absolute Gasteiger partial charge is 0.379 e. The molecule has 1 aromatic rings. The lowest BCUT2D eigenvalue weighted by Gasteiger charge is -2.28. The molecule has 1 fully saturated rings. The predicted octanol–water partition coefficient (Wildman–Crippen LogP) is 2.52. The third kappa shape index (κ3) is 2.58. The topological polar surface area (TPSA) is 21.3 Å². The van der Waals surface area contributed by atoms with Crippen LogP contribution in [0.25, 0.3) is 0 Å². The number of benzene rings is 1. The summed E-state index contributed by atoms with van der Waals surface area (Å²) in [5.74, 6) is 0. The van der Waals surface area contributed by atoms with Gasteiger partial charge >= 0.3 is 0 Å². The van der Waals surface area contributed by atoms with Crippen LogP contribution in [0.2, 0.25) is 0 Å². The third-order valence-electron chi connectivity index (χ3n) is 3.08. The summed E-state index contributed by atoms with van der Waals surface area (Å²) in [7, 11) is 0. The van der Waals surface area contributed by atoms with Gasteiger partial charge in [-0.05, 0) is 25.8 Å². The number of hydrogen-bond acceptors (Lipinski definition) is 2. The van der Waals surface area contributed by atoms with Crippen LogP contribution in [0.15, 0.2) is 30.3 Å². The Kier molecular flexibility index (Phi) is 3.08. The molecule has 0 unspecified atom stereocenters. The Bertz CT molecular complexity index is 304. The van der Waals surface area contributed by atoms with Gasteiger partial charge in [0.25, 0.3) is 0 Å². The fraction of sp³-hybridized carbons (Fsp3) is 0.538. The molecule has 1 aromatic carbocycles. The molecule has 0 spiro atoms. The fourth-order valence-corrected chi connectivity index (χ4v) is 2.13. The van der Waals surface area contributed by atoms with E-state index in [9.17, 15) is 0 Å². The summed E-state index contributed by atoms with van der Waals surface area (Å²) in [5, 5.41) is 3.65. The van der Waals surface area contributed by atoms with Crippen molar-refractivity contribution in [1.82, 2.24) is 5.32 Å². The maximum absolute atomic E-state index is 5.43. The molecular weight excluding hydrogens is 186 g/mol. The SMILES string of the molecule is C[C@H](N[C@]1(C)CCOC1)c1ccccc1. The van der Waals surface area contributed by atoms with Crippen LogP contribution in [0.1, 0.15) is 31.9 Å². The first kappa shape index (κ1) is 10.7. The van der Waals surface area contributed by atoms with Gasteiger partial charge in [-0.3, -0.25) is 0 Å². The fourth-order valence-electron chi connectivity index (χ4n) is 2.13. The zero-order chi connectivity index (χ0) is 10.7. The quantitative estimate of drug-likeness (QED) is 0.818. The number of rotatable bonds is 3. The minimum absolute atomic E-state index is 0.148. The van der Waals surface area contributed by atoms with E-state index in [1.165, 1.54) is 5.56 Å². The van der Waals surface area contributed by atoms with E-state index in [1.54, 1.807) is 0 Å². The Labute approximate surface area is 91.6 Å². The maximum atomic E-state index is 5.43. The molecule has 1 heterocycles. The molecule has 0 aromatic heterocycles. The van der Waals surface area contributed by atoms with Crippen molar-refractivity contribution in [2.45, 2.75) is 31.8 Å². The lowest BCUT2D eigenvalue weighted by atomic mass is 9.98. The molecule has 2 heteroatoms. The van der Waals surface area contributed by atoms with Gasteiger partial charge in [0.2, 0.25) is 0 Å². The van der Waals surface area contributed by atoms with Gasteiger partial charge in [-0.2, -0.15) is 0 Å². The highest BCUT2D eigenvalue weighted by Crippen LogP contribution is 2.22. The molecule has 2 rings (SSSR count). The van der Waals surface area contributed by atoms with Crippen molar-refractivity contribution in [2.75, 3.05) is 13.2 Å². The van der Waals surface area contributed by atoms with Crippen molar-refractivity contribution in [3.05, 3.63) is 35.9 Å². The number of nitrogens with one attached hydrogen (secondary N) is 1. The Hall–Kier alpha value is -0.860. The molecule has 1 saturated heterocycles. The van der Waals surface area contributed by atoms with Crippen molar-refractivity contribution in [2.24, 2.45) is 0 Å². The molecule has 0 aliphatic carbocycles. The van der Waals surface area contributed by atoms with Gasteiger partial charge in [-0.25, -0.2) is 0 Å². The molecule has 15 heavy (non-hydrogen) atoms. The lowest BCUT2D eigenvalue weighted by Crippen LogP contribution is -2.44. The minimum Gasteiger partial charge on any atom is -0.379 e. The first-order valence-corrected chi connectivity index (χ1v) is 5.60. The van der Waals surface area contributed by atoms with Crippen LogP contribution in [0, 0.1) is 0 Å². The maximum Gasteiger partial charge on any atom is 0.0646 e. The van der Waals surface area contributed by atoms with Gasteiger partial charge in [0, 0.05) is 18.2 Å². The highest BCUT2D eigenvalue weighted by atomic mass is 16.5. The second-order valence-electron chi connectivity index (χ2n) is 4.64. The van der Waals surface area contributed by atoms with Crippen molar-refractivity contribution < 1.29 is 4.74 Å². The molecule has 1 N–H and O–H groups in total. The smallest absolute Gasteiger partial charge is 0.0646 e. The zero-order valence-electron chi connectivity index (χ0n) is 9.49. The molecule has 1 aliphatic rings. The van der Waals surface area contributed by atoms with E-state index < -0.39 is 0 Å². The van der Waals surface area contributed by atoms with Gasteiger partial charge < -0.3 is 10.1 Å². The summed E-state index contributed by atoms with van der Waals surface area (Å²) in [6.07, 6.45) is 1.10. The molecule has 2 atom stereocenters. The van der Waals surface area contributed by atoms with Gasteiger partial charge in [0.05, 0.1) is 6.61 Å². The molecule has 82 valence electrons. The van der Waals surface area contributed by atoms with Crippen LogP contribution in [0.4, 0.5) is 0 Å². The van der Waals surface area contributed by atoms with Crippen molar-refractivity contribution >= 4 is 0 Å². The lowest BCUT2D eigenvalue weighted by molar-refractivity contribution is 0.167. The van der Waals surface area contributed by atoms with Crippen molar-refractivity contribution in [3.8, 4) is 0 Å². The number of hydrogen-bond donors (Lipinski definition) is 1. The first-order valence-electron chi connectivity index (χ1n) is 5.60. The van der Waals surface area contributed by atoms with Gasteiger partial charge in [0.15, 0.2) is 0 Å². The summed E-state index contributed by atoms with van der Waals surface area (Å²) < 4.78 is 5.43. The Morgan fingerprint density at radius 2 is 2.07 bits per heavy atom. The number of ether oxygens (including phenoxy) is 1. The summed E-state index contributed by atoms with van der Waals surface area (Å²) in [5.41, 5.74) is 1.49. The van der Waals surface area contributed by atoms with Crippen molar-refractivity contribution in [3.63, 3.8) is 0 Å². The van der Waals surface area contributed by atoms with Gasteiger partial charge in [0.1, 0.15) is 0 Å². The van der Waals surface area contributed by atoms with E-state index in [0.29, 0.717) is 6.04 Å². The van der Waals surface area contributed by atoms with E-state index in [2.05, 4.69) is 49.5 Å². The summed E-state index contributed by atoms with van der Waals surface area (Å²) >= 11 is 0. The van der Waals surface area contributed by atoms with Crippen LogP contribution < -0.4 is 5.32 Å². The van der Waals surface area contributed by atoms with E-state index in [1.807, 2.05) is 0 Å². The molecule has 1 aliphatic heterocycles. The van der Waals surface area contributed by atoms with Crippen LogP contribution in [0.3, 0.4) is 0 Å². The molecule has 0 bridgehead atoms.